The molecule has 0 atom stereocenters. The summed E-state index contributed by atoms with van der Waals surface area (Å²) in [5.74, 6) is -0.570. The van der Waals surface area contributed by atoms with E-state index in [1.54, 1.807) is 48.5 Å². The normalized spacial score (nSPS) is 10.7. The number of hydrogen-bond acceptors (Lipinski definition) is 4. The number of anilines is 1. The number of carbonyl (C=O) groups excluding carboxylic acids is 3. The van der Waals surface area contributed by atoms with E-state index in [1.807, 2.05) is 18.2 Å². The fourth-order valence-corrected chi connectivity index (χ4v) is 3.65. The molecule has 2 amide bonds. The quantitative estimate of drug-likeness (QED) is 0.424. The number of nitrogens with one attached hydrogen (secondary N) is 2. The molecule has 3 aromatic carbocycles. The van der Waals surface area contributed by atoms with Gasteiger partial charge in [0.1, 0.15) is 0 Å². The Morgan fingerprint density at radius 1 is 0.735 bits per heavy atom. The summed E-state index contributed by atoms with van der Waals surface area (Å²) in [6.07, 6.45) is 0. The third-order valence-corrected chi connectivity index (χ3v) is 5.78. The Labute approximate surface area is 201 Å². The monoisotopic (exact) mass is 457 g/mol. The van der Waals surface area contributed by atoms with Crippen LogP contribution >= 0.6 is 0 Å². The van der Waals surface area contributed by atoms with Crippen LogP contribution in [0.25, 0.3) is 0 Å². The maximum atomic E-state index is 12.8. The standard InChI is InChI=1S/C28H31N3O3/c1-4-31(5-2)19-25-10-7-6-9-24(25)18-29-27(33)23-11-8-12-26(17-23)30-28(34)22-15-13-21(14-16-22)20(3)32/h6-17H,4-5,18-19H2,1-3H3,(H,29,33)(H,30,34). The highest BCUT2D eigenvalue weighted by Gasteiger charge is 2.12. The Morgan fingerprint density at radius 3 is 2.03 bits per heavy atom. The van der Waals surface area contributed by atoms with Gasteiger partial charge >= 0.3 is 0 Å². The lowest BCUT2D eigenvalue weighted by Gasteiger charge is -2.20. The molecule has 0 unspecified atom stereocenters. The molecule has 0 aromatic heterocycles. The van der Waals surface area contributed by atoms with Crippen molar-refractivity contribution in [3.8, 4) is 0 Å². The van der Waals surface area contributed by atoms with Crippen LogP contribution in [0.4, 0.5) is 5.69 Å². The number of hydrogen-bond donors (Lipinski definition) is 2. The lowest BCUT2D eigenvalue weighted by atomic mass is 10.1. The molecule has 0 aliphatic rings. The van der Waals surface area contributed by atoms with E-state index in [1.165, 1.54) is 12.5 Å². The summed E-state index contributed by atoms with van der Waals surface area (Å²) in [4.78, 5) is 39.1. The maximum absolute atomic E-state index is 12.8. The molecule has 0 fully saturated rings. The highest BCUT2D eigenvalue weighted by Crippen LogP contribution is 2.15. The van der Waals surface area contributed by atoms with Gasteiger partial charge in [-0.3, -0.25) is 19.3 Å². The van der Waals surface area contributed by atoms with Gasteiger partial charge in [0.05, 0.1) is 0 Å². The molecule has 0 bridgehead atoms. The van der Waals surface area contributed by atoms with Crippen LogP contribution in [0.2, 0.25) is 0 Å². The van der Waals surface area contributed by atoms with Gasteiger partial charge in [-0.1, -0.05) is 56.3 Å². The molecule has 0 spiro atoms. The topological polar surface area (TPSA) is 78.5 Å². The predicted octanol–water partition coefficient (Wildman–Crippen LogP) is 4.91. The van der Waals surface area contributed by atoms with Gasteiger partial charge in [-0.15, -0.1) is 0 Å². The van der Waals surface area contributed by atoms with Gasteiger partial charge in [0.2, 0.25) is 0 Å². The molecule has 3 aromatic rings. The molecule has 3 rings (SSSR count). The smallest absolute Gasteiger partial charge is 0.255 e. The van der Waals surface area contributed by atoms with Crippen molar-refractivity contribution in [2.45, 2.75) is 33.9 Å². The average molecular weight is 458 g/mol. The maximum Gasteiger partial charge on any atom is 0.255 e. The molecule has 0 heterocycles. The second kappa shape index (κ2) is 11.9. The fraction of sp³-hybridized carbons (Fsp3) is 0.250. The zero-order chi connectivity index (χ0) is 24.5. The second-order valence-corrected chi connectivity index (χ2v) is 8.08. The number of amides is 2. The molecule has 0 radical (unpaired) electrons. The minimum atomic E-state index is -0.307. The van der Waals surface area contributed by atoms with Gasteiger partial charge in [-0.25, -0.2) is 0 Å². The summed E-state index contributed by atoms with van der Waals surface area (Å²) in [6, 6.07) is 21.4. The van der Waals surface area contributed by atoms with Crippen LogP contribution in [-0.4, -0.2) is 35.6 Å². The van der Waals surface area contributed by atoms with Gasteiger partial charge in [-0.2, -0.15) is 0 Å². The highest BCUT2D eigenvalue weighted by molar-refractivity contribution is 6.05. The zero-order valence-electron chi connectivity index (χ0n) is 19.9. The van der Waals surface area contributed by atoms with E-state index >= 15 is 0 Å². The van der Waals surface area contributed by atoms with E-state index in [0.717, 1.165) is 25.2 Å². The lowest BCUT2D eigenvalue weighted by molar-refractivity contribution is 0.0948. The number of Topliss-reactive ketones (excluding diaryl/α,β-unsaturated/α-hetero) is 1. The summed E-state index contributed by atoms with van der Waals surface area (Å²) < 4.78 is 0. The van der Waals surface area contributed by atoms with Crippen molar-refractivity contribution in [1.29, 1.82) is 0 Å². The molecule has 0 aliphatic heterocycles. The number of benzene rings is 3. The largest absolute Gasteiger partial charge is 0.348 e. The summed E-state index contributed by atoms with van der Waals surface area (Å²) in [7, 11) is 0. The third-order valence-electron chi connectivity index (χ3n) is 5.78. The van der Waals surface area contributed by atoms with Gasteiger partial charge in [0.25, 0.3) is 11.8 Å². The molecule has 2 N–H and O–H groups in total. The third kappa shape index (κ3) is 6.62. The second-order valence-electron chi connectivity index (χ2n) is 8.08. The summed E-state index contributed by atoms with van der Waals surface area (Å²) in [6.45, 7) is 8.97. The van der Waals surface area contributed by atoms with Gasteiger partial charge in [-0.05, 0) is 61.5 Å². The SMILES string of the molecule is CCN(CC)Cc1ccccc1CNC(=O)c1cccc(NC(=O)c2ccc(C(C)=O)cc2)c1. The van der Waals surface area contributed by atoms with E-state index in [4.69, 9.17) is 0 Å². The molecule has 34 heavy (non-hydrogen) atoms. The van der Waals surface area contributed by atoms with Crippen molar-refractivity contribution in [2.75, 3.05) is 18.4 Å². The summed E-state index contributed by atoms with van der Waals surface area (Å²) >= 11 is 0. The Hall–Kier alpha value is -3.77. The van der Waals surface area contributed by atoms with Gasteiger partial charge < -0.3 is 10.6 Å². The van der Waals surface area contributed by atoms with Crippen LogP contribution in [0.5, 0.6) is 0 Å². The molecule has 0 saturated heterocycles. The van der Waals surface area contributed by atoms with E-state index in [2.05, 4.69) is 35.4 Å². The Morgan fingerprint density at radius 2 is 1.38 bits per heavy atom. The molecule has 6 nitrogen and oxygen atoms in total. The molecule has 176 valence electrons. The molecule has 0 aliphatic carbocycles. The van der Waals surface area contributed by atoms with Crippen LogP contribution in [0.1, 0.15) is 63.0 Å². The van der Waals surface area contributed by atoms with Gasteiger partial charge in [0.15, 0.2) is 5.78 Å². The number of ketones is 1. The van der Waals surface area contributed by atoms with Crippen LogP contribution in [0, 0.1) is 0 Å². The number of nitrogens with zero attached hydrogens (tertiary/aromatic N) is 1. The molecular weight excluding hydrogens is 426 g/mol. The molecule has 6 heteroatoms. The molecular formula is C28H31N3O3. The summed E-state index contributed by atoms with van der Waals surface area (Å²) in [5.41, 5.74) is 4.25. The average Bonchev–Trinajstić information content (AvgIpc) is 2.86. The van der Waals surface area contributed by atoms with Crippen molar-refractivity contribution in [1.82, 2.24) is 10.2 Å². The predicted molar refractivity (Wildman–Crippen MR) is 135 cm³/mol. The van der Waals surface area contributed by atoms with E-state index < -0.39 is 0 Å². The first-order valence-electron chi connectivity index (χ1n) is 11.5. The summed E-state index contributed by atoms with van der Waals surface area (Å²) in [5, 5.41) is 5.80. The van der Waals surface area contributed by atoms with Crippen molar-refractivity contribution < 1.29 is 14.4 Å². The van der Waals surface area contributed by atoms with Crippen molar-refractivity contribution in [3.05, 3.63) is 101 Å². The lowest BCUT2D eigenvalue weighted by Crippen LogP contribution is -2.26. The van der Waals surface area contributed by atoms with E-state index in [9.17, 15) is 14.4 Å². The Bertz CT molecular complexity index is 1150. The van der Waals surface area contributed by atoms with E-state index in [0.29, 0.717) is 28.9 Å². The first-order valence-corrected chi connectivity index (χ1v) is 11.5. The first-order chi connectivity index (χ1) is 16.4. The Balaban J connectivity index is 1.64. The highest BCUT2D eigenvalue weighted by atomic mass is 16.2. The number of carbonyl (C=O) groups is 3. The van der Waals surface area contributed by atoms with E-state index in [-0.39, 0.29) is 17.6 Å². The Kier molecular flexibility index (Phi) is 8.71. The van der Waals surface area contributed by atoms with Crippen LogP contribution in [0.15, 0.2) is 72.8 Å². The van der Waals surface area contributed by atoms with Crippen molar-refractivity contribution in [3.63, 3.8) is 0 Å². The van der Waals surface area contributed by atoms with Crippen molar-refractivity contribution in [2.24, 2.45) is 0 Å². The first kappa shape index (κ1) is 24.9. The van der Waals surface area contributed by atoms with Gasteiger partial charge in [0, 0.05) is 35.5 Å². The minimum Gasteiger partial charge on any atom is -0.348 e. The fourth-order valence-electron chi connectivity index (χ4n) is 3.65. The van der Waals surface area contributed by atoms with Crippen molar-refractivity contribution >= 4 is 23.3 Å². The van der Waals surface area contributed by atoms with Crippen LogP contribution in [0.3, 0.4) is 0 Å². The molecule has 0 saturated carbocycles. The van der Waals surface area contributed by atoms with Crippen LogP contribution in [-0.2, 0) is 13.1 Å². The zero-order valence-corrected chi connectivity index (χ0v) is 19.9. The van der Waals surface area contributed by atoms with Crippen LogP contribution < -0.4 is 10.6 Å². The minimum absolute atomic E-state index is 0.0543. The number of rotatable bonds is 10.